The Balaban J connectivity index is 1.29. The predicted molar refractivity (Wildman–Crippen MR) is 209 cm³/mol. The molecular weight excluding hydrogens is 815 g/mol. The summed E-state index contributed by atoms with van der Waals surface area (Å²) in [5.41, 5.74) is -3.90. The van der Waals surface area contributed by atoms with Gasteiger partial charge in [-0.05, 0) is 94.7 Å². The lowest BCUT2D eigenvalue weighted by atomic mass is 9.85. The standard InChI is InChI=1S/C41H51F4N5O9S/c1-23-8-5-6-10-26-20-40(26,36(53)48-60(56,57)39(22-42)14-15-39)47-33(51)30-19-27(59-34-29-12-11-25-9-7-17-58-32(25)28(29)13-16-46-34)21-49(30)35(52)31(24(2)18-23)50(37(54)55)38(3,4)41(43,44)45/h6,10-13,16,23-24,26-27,30-31H,5,7-9,14-15,17-22H2,1-4H3,(H,47,51)(H,48,53)(H,54,55)/t23-,24+,26+,27+,30-,31-,40+/m0/s1. The fraction of sp³-hybridized carbons (Fsp3) is 0.634. The van der Waals surface area contributed by atoms with Crippen molar-refractivity contribution in [3.63, 3.8) is 0 Å². The van der Waals surface area contributed by atoms with Crippen LogP contribution in [0.1, 0.15) is 84.6 Å². The van der Waals surface area contributed by atoms with E-state index in [4.69, 9.17) is 9.47 Å². The number of ether oxygens (including phenoxy) is 2. The van der Waals surface area contributed by atoms with Crippen molar-refractivity contribution in [2.24, 2.45) is 17.8 Å². The highest BCUT2D eigenvalue weighted by molar-refractivity contribution is 7.91. The van der Waals surface area contributed by atoms with Gasteiger partial charge in [-0.2, -0.15) is 13.2 Å². The Morgan fingerprint density at radius 2 is 1.87 bits per heavy atom. The highest BCUT2D eigenvalue weighted by Gasteiger charge is 2.64. The molecule has 4 amide bonds. The number of amides is 4. The number of carbonyl (C=O) groups excluding carboxylic acids is 3. The molecule has 4 heterocycles. The van der Waals surface area contributed by atoms with Gasteiger partial charge in [-0.1, -0.05) is 32.1 Å². The summed E-state index contributed by atoms with van der Waals surface area (Å²) < 4.78 is 97.1. The maximum absolute atomic E-state index is 15.0. The summed E-state index contributed by atoms with van der Waals surface area (Å²) in [4.78, 5) is 62.1. The van der Waals surface area contributed by atoms with Gasteiger partial charge in [0.2, 0.25) is 27.7 Å². The maximum Gasteiger partial charge on any atom is 0.411 e. The highest BCUT2D eigenvalue weighted by Crippen LogP contribution is 2.48. The number of fused-ring (bicyclic) bond motifs is 5. The number of sulfonamides is 1. The Morgan fingerprint density at radius 3 is 2.53 bits per heavy atom. The number of carbonyl (C=O) groups is 4. The van der Waals surface area contributed by atoms with Crippen molar-refractivity contribution >= 4 is 44.6 Å². The second-order valence-corrected chi connectivity index (χ2v) is 19.8. The summed E-state index contributed by atoms with van der Waals surface area (Å²) in [7, 11) is -4.50. The lowest BCUT2D eigenvalue weighted by Gasteiger charge is -2.45. The molecule has 1 aromatic carbocycles. The number of hydrogen-bond donors (Lipinski definition) is 3. The number of nitrogens with zero attached hydrogens (tertiary/aromatic N) is 3. The van der Waals surface area contributed by atoms with E-state index in [1.54, 1.807) is 18.2 Å². The van der Waals surface area contributed by atoms with Gasteiger partial charge in [0.25, 0.3) is 5.91 Å². The summed E-state index contributed by atoms with van der Waals surface area (Å²) >= 11 is 0. The zero-order valence-electron chi connectivity index (χ0n) is 33.9. The van der Waals surface area contributed by atoms with Crippen LogP contribution < -0.4 is 19.5 Å². The van der Waals surface area contributed by atoms with Crippen LogP contribution >= 0.6 is 0 Å². The number of hydrogen-bond acceptors (Lipinski definition) is 9. The molecule has 0 radical (unpaired) electrons. The van der Waals surface area contributed by atoms with Crippen LogP contribution in [0.2, 0.25) is 0 Å². The normalized spacial score (nSPS) is 29.4. The fourth-order valence-corrected chi connectivity index (χ4v) is 10.5. The molecule has 2 saturated carbocycles. The molecule has 328 valence electrons. The summed E-state index contributed by atoms with van der Waals surface area (Å²) in [6.45, 7) is 3.61. The van der Waals surface area contributed by atoms with Gasteiger partial charge in [-0.3, -0.25) is 24.0 Å². The zero-order valence-corrected chi connectivity index (χ0v) is 34.7. The molecule has 0 spiro atoms. The molecule has 2 aliphatic carbocycles. The molecule has 7 atom stereocenters. The third-order valence-electron chi connectivity index (χ3n) is 13.1. The van der Waals surface area contributed by atoms with Crippen LogP contribution in [0, 0.1) is 17.8 Å². The van der Waals surface area contributed by atoms with E-state index in [-0.39, 0.29) is 55.3 Å². The van der Waals surface area contributed by atoms with Crippen LogP contribution in [-0.4, -0.2) is 112 Å². The van der Waals surface area contributed by atoms with E-state index in [9.17, 15) is 45.5 Å². The van der Waals surface area contributed by atoms with Crippen LogP contribution in [0.5, 0.6) is 11.6 Å². The predicted octanol–water partition coefficient (Wildman–Crippen LogP) is 5.43. The van der Waals surface area contributed by atoms with E-state index in [0.717, 1.165) is 23.3 Å². The van der Waals surface area contributed by atoms with Gasteiger partial charge in [0.05, 0.1) is 13.2 Å². The van der Waals surface area contributed by atoms with E-state index >= 15 is 4.79 Å². The maximum atomic E-state index is 15.0. The number of carboxylic acid groups (broad SMARTS) is 1. The molecule has 1 aromatic heterocycles. The number of aromatic nitrogens is 1. The van der Waals surface area contributed by atoms with Gasteiger partial charge in [-0.25, -0.2) is 22.6 Å². The lowest BCUT2D eigenvalue weighted by Crippen LogP contribution is -2.66. The van der Waals surface area contributed by atoms with Gasteiger partial charge in [0.15, 0.2) is 0 Å². The largest absolute Gasteiger partial charge is 0.493 e. The van der Waals surface area contributed by atoms with Crippen molar-refractivity contribution in [1.29, 1.82) is 0 Å². The molecule has 2 aromatic rings. The lowest BCUT2D eigenvalue weighted by molar-refractivity contribution is -0.222. The molecule has 1 saturated heterocycles. The van der Waals surface area contributed by atoms with Crippen molar-refractivity contribution in [1.82, 2.24) is 24.8 Å². The summed E-state index contributed by atoms with van der Waals surface area (Å²) in [5, 5.41) is 14.4. The van der Waals surface area contributed by atoms with Crippen molar-refractivity contribution in [2.45, 2.75) is 126 Å². The summed E-state index contributed by atoms with van der Waals surface area (Å²) in [6.07, 6.45) is -0.772. The minimum absolute atomic E-state index is 0.00662. The van der Waals surface area contributed by atoms with E-state index in [1.165, 1.54) is 13.1 Å². The van der Waals surface area contributed by atoms with Gasteiger partial charge in [0, 0.05) is 29.3 Å². The Morgan fingerprint density at radius 1 is 1.13 bits per heavy atom. The van der Waals surface area contributed by atoms with Crippen LogP contribution in [0.4, 0.5) is 22.4 Å². The molecule has 19 heteroatoms. The Hall–Kier alpha value is -4.68. The second kappa shape index (κ2) is 15.7. The number of pyridine rings is 1. The Kier molecular flexibility index (Phi) is 11.3. The third-order valence-corrected chi connectivity index (χ3v) is 15.2. The first-order chi connectivity index (χ1) is 28.2. The molecule has 3 aliphatic heterocycles. The van der Waals surface area contributed by atoms with E-state index in [0.29, 0.717) is 49.8 Å². The summed E-state index contributed by atoms with van der Waals surface area (Å²) in [6, 6.07) is 2.01. The zero-order chi connectivity index (χ0) is 43.6. The molecular formula is C41H51F4N5O9S. The average Bonchev–Trinajstić information content (AvgIpc) is 4.09. The minimum Gasteiger partial charge on any atom is -0.493 e. The van der Waals surface area contributed by atoms with Crippen LogP contribution in [0.25, 0.3) is 10.8 Å². The smallest absolute Gasteiger partial charge is 0.411 e. The number of alkyl halides is 4. The molecule has 14 nitrogen and oxygen atoms in total. The molecule has 0 bridgehead atoms. The monoisotopic (exact) mass is 865 g/mol. The topological polar surface area (TPSA) is 185 Å². The minimum atomic E-state index is -5.11. The van der Waals surface area contributed by atoms with Crippen molar-refractivity contribution < 1.29 is 59.7 Å². The molecule has 60 heavy (non-hydrogen) atoms. The Labute approximate surface area is 345 Å². The van der Waals surface area contributed by atoms with E-state index < -0.39 is 92.5 Å². The second-order valence-electron chi connectivity index (χ2n) is 17.7. The highest BCUT2D eigenvalue weighted by atomic mass is 32.2. The third kappa shape index (κ3) is 7.74. The number of benzene rings is 1. The number of aryl methyl sites for hydroxylation is 1. The number of rotatable bonds is 8. The van der Waals surface area contributed by atoms with Gasteiger partial charge in [0.1, 0.15) is 46.4 Å². The molecule has 7 rings (SSSR count). The molecule has 5 aliphatic rings. The van der Waals surface area contributed by atoms with Crippen molar-refractivity contribution in [3.05, 3.63) is 42.1 Å². The van der Waals surface area contributed by atoms with Gasteiger partial charge < -0.3 is 24.8 Å². The first-order valence-corrected chi connectivity index (χ1v) is 21.9. The van der Waals surface area contributed by atoms with Crippen LogP contribution in [-0.2, 0) is 30.8 Å². The molecule has 3 N–H and O–H groups in total. The quantitative estimate of drug-likeness (QED) is 0.228. The summed E-state index contributed by atoms with van der Waals surface area (Å²) in [5.74, 6) is -4.19. The number of nitrogens with one attached hydrogen (secondary N) is 2. The first-order valence-electron chi connectivity index (χ1n) is 20.4. The average molecular weight is 866 g/mol. The van der Waals surface area contributed by atoms with Gasteiger partial charge in [-0.15, -0.1) is 0 Å². The van der Waals surface area contributed by atoms with Crippen molar-refractivity contribution in [3.8, 4) is 11.6 Å². The van der Waals surface area contributed by atoms with Gasteiger partial charge >= 0.3 is 12.3 Å². The number of allylic oxidation sites excluding steroid dienone is 1. The van der Waals surface area contributed by atoms with Crippen LogP contribution in [0.15, 0.2) is 36.5 Å². The van der Waals surface area contributed by atoms with Crippen LogP contribution in [0.3, 0.4) is 0 Å². The first kappa shape index (κ1) is 43.4. The fourth-order valence-electron chi connectivity index (χ4n) is 9.04. The molecule has 3 fully saturated rings. The van der Waals surface area contributed by atoms with E-state index in [2.05, 4.69) is 10.3 Å². The van der Waals surface area contributed by atoms with E-state index in [1.807, 2.05) is 23.8 Å². The molecule has 0 unspecified atom stereocenters. The number of halogens is 4. The Bertz CT molecular complexity index is 2200. The van der Waals surface area contributed by atoms with Crippen molar-refractivity contribution in [2.75, 3.05) is 19.8 Å². The SMILES string of the molecule is C[C@H]1CCC=C[C@@H]2C[C@@]2(C(=O)NS(=O)(=O)C2(CF)CC2)NC(=O)[C@@H]2C[C@@H](Oc3nccc4c5c(ccc34)CCCO5)CN2C(=O)[C@@H](N(C(=O)O)C(C)(C)C(F)(F)F)[C@H](C)C1.